The van der Waals surface area contributed by atoms with Crippen LogP contribution in [0.3, 0.4) is 0 Å². The molecule has 27 heavy (non-hydrogen) atoms. The van der Waals surface area contributed by atoms with E-state index < -0.39 is 14.8 Å². The van der Waals surface area contributed by atoms with Crippen LogP contribution in [0.5, 0.6) is 0 Å². The highest BCUT2D eigenvalue weighted by molar-refractivity contribution is 7.90. The Labute approximate surface area is 162 Å². The van der Waals surface area contributed by atoms with Crippen LogP contribution in [0.2, 0.25) is 0 Å². The van der Waals surface area contributed by atoms with Crippen LogP contribution in [0.1, 0.15) is 46.5 Å². The topological polar surface area (TPSA) is 71.3 Å². The van der Waals surface area contributed by atoms with Gasteiger partial charge in [-0.15, -0.1) is 0 Å². The summed E-state index contributed by atoms with van der Waals surface area (Å²) in [6, 6.07) is 12.2. The summed E-state index contributed by atoms with van der Waals surface area (Å²) in [7, 11) is -3.27. The average Bonchev–Trinajstić information content (AvgIpc) is 3.15. The number of anilines is 1. The van der Waals surface area contributed by atoms with E-state index in [1.165, 1.54) is 0 Å². The zero-order valence-electron chi connectivity index (χ0n) is 16.4. The van der Waals surface area contributed by atoms with E-state index in [0.717, 1.165) is 49.2 Å². The first-order valence-electron chi connectivity index (χ1n) is 9.64. The van der Waals surface area contributed by atoms with Crippen molar-refractivity contribution in [2.75, 3.05) is 11.9 Å². The van der Waals surface area contributed by atoms with E-state index in [2.05, 4.69) is 34.3 Å². The second kappa shape index (κ2) is 8.07. The van der Waals surface area contributed by atoms with Crippen molar-refractivity contribution in [2.45, 2.75) is 57.2 Å². The summed E-state index contributed by atoms with van der Waals surface area (Å²) in [5.74, 6) is 1.45. The highest BCUT2D eigenvalue weighted by Crippen LogP contribution is 2.27. The van der Waals surface area contributed by atoms with Crippen LogP contribution in [-0.4, -0.2) is 25.8 Å². The van der Waals surface area contributed by atoms with Gasteiger partial charge in [0.15, 0.2) is 0 Å². The zero-order valence-corrected chi connectivity index (χ0v) is 17.2. The van der Waals surface area contributed by atoms with Crippen molar-refractivity contribution in [2.24, 2.45) is 5.92 Å². The number of hydrogen-bond donors (Lipinski definition) is 2. The number of hydrogen-bond acceptors (Lipinski definition) is 4. The Kier molecular flexibility index (Phi) is 5.96. The second-order valence-electron chi connectivity index (χ2n) is 8.39. The first-order valence-corrected chi connectivity index (χ1v) is 11.1. The molecule has 0 amide bonds. The van der Waals surface area contributed by atoms with E-state index in [1.807, 2.05) is 12.1 Å². The van der Waals surface area contributed by atoms with Gasteiger partial charge >= 0.3 is 0 Å². The summed E-state index contributed by atoms with van der Waals surface area (Å²) < 4.78 is 32.1. The van der Waals surface area contributed by atoms with Gasteiger partial charge < -0.3 is 9.73 Å². The molecular formula is C21H30N2O3S. The minimum absolute atomic E-state index is 0.0676. The molecule has 0 spiro atoms. The monoisotopic (exact) mass is 390 g/mol. The predicted octanol–water partition coefficient (Wildman–Crippen LogP) is 4.64. The maximum Gasteiger partial charge on any atom is 0.216 e. The summed E-state index contributed by atoms with van der Waals surface area (Å²) in [4.78, 5) is 0. The van der Waals surface area contributed by atoms with Gasteiger partial charge in [-0.2, -0.15) is 0 Å². The van der Waals surface area contributed by atoms with Crippen LogP contribution in [0.15, 0.2) is 47.1 Å². The van der Waals surface area contributed by atoms with Crippen molar-refractivity contribution in [3.8, 4) is 11.3 Å². The fourth-order valence-corrected chi connectivity index (χ4v) is 4.37. The molecule has 0 unspecified atom stereocenters. The lowest BCUT2D eigenvalue weighted by molar-refractivity contribution is 0.322. The fraction of sp³-hybridized carbons (Fsp3) is 0.524. The molecule has 6 heteroatoms. The Balaban J connectivity index is 1.45. The van der Waals surface area contributed by atoms with Gasteiger partial charge in [-0.1, -0.05) is 0 Å². The molecule has 1 saturated carbocycles. The molecular weight excluding hydrogens is 360 g/mol. The molecule has 0 saturated heterocycles. The number of nitrogens with one attached hydrogen (secondary N) is 2. The van der Waals surface area contributed by atoms with Crippen LogP contribution >= 0.6 is 0 Å². The minimum atomic E-state index is -3.27. The Morgan fingerprint density at radius 2 is 1.70 bits per heavy atom. The van der Waals surface area contributed by atoms with Crippen molar-refractivity contribution in [3.05, 3.63) is 42.7 Å². The molecule has 1 aliphatic rings. The molecule has 1 aromatic carbocycles. The van der Waals surface area contributed by atoms with Gasteiger partial charge in [0.05, 0.1) is 11.0 Å². The molecule has 0 radical (unpaired) electrons. The third-order valence-electron chi connectivity index (χ3n) is 5.26. The van der Waals surface area contributed by atoms with Gasteiger partial charge in [0, 0.05) is 23.8 Å². The van der Waals surface area contributed by atoms with Crippen molar-refractivity contribution >= 4 is 15.7 Å². The van der Waals surface area contributed by atoms with Gasteiger partial charge in [0.25, 0.3) is 0 Å². The van der Waals surface area contributed by atoms with Gasteiger partial charge in [0.2, 0.25) is 10.0 Å². The summed E-state index contributed by atoms with van der Waals surface area (Å²) in [5.41, 5.74) is 2.16. The van der Waals surface area contributed by atoms with Gasteiger partial charge in [-0.3, -0.25) is 0 Å². The summed E-state index contributed by atoms with van der Waals surface area (Å²) in [5, 5.41) is 3.50. The maximum atomic E-state index is 12.3. The fourth-order valence-electron chi connectivity index (χ4n) is 3.34. The molecule has 1 heterocycles. The minimum Gasteiger partial charge on any atom is -0.464 e. The number of benzene rings is 1. The largest absolute Gasteiger partial charge is 0.464 e. The molecule has 5 nitrogen and oxygen atoms in total. The molecule has 148 valence electrons. The Morgan fingerprint density at radius 3 is 2.26 bits per heavy atom. The molecule has 1 aromatic heterocycles. The van der Waals surface area contributed by atoms with E-state index in [4.69, 9.17) is 4.42 Å². The Bertz CT molecular complexity index is 813. The SMILES string of the molecule is CC(C)(C)S(=O)(=O)N[C@H]1CC[C@H](CNc2ccc(-c3ccco3)cc2)CC1. The number of furan rings is 1. The summed E-state index contributed by atoms with van der Waals surface area (Å²) >= 11 is 0. The van der Waals surface area contributed by atoms with E-state index in [9.17, 15) is 8.42 Å². The third kappa shape index (κ3) is 5.14. The molecule has 1 fully saturated rings. The van der Waals surface area contributed by atoms with Crippen molar-refractivity contribution in [1.29, 1.82) is 0 Å². The normalized spacial score (nSPS) is 21.1. The first-order chi connectivity index (χ1) is 12.7. The van der Waals surface area contributed by atoms with E-state index in [-0.39, 0.29) is 6.04 Å². The van der Waals surface area contributed by atoms with Crippen LogP contribution in [0.25, 0.3) is 11.3 Å². The lowest BCUT2D eigenvalue weighted by atomic mass is 9.86. The molecule has 3 rings (SSSR count). The summed E-state index contributed by atoms with van der Waals surface area (Å²) in [6.07, 6.45) is 5.56. The smallest absolute Gasteiger partial charge is 0.216 e. The molecule has 1 aliphatic carbocycles. The first kappa shape index (κ1) is 20.0. The molecule has 0 bridgehead atoms. The van der Waals surface area contributed by atoms with E-state index in [0.29, 0.717) is 5.92 Å². The Morgan fingerprint density at radius 1 is 1.04 bits per heavy atom. The molecule has 0 aliphatic heterocycles. The van der Waals surface area contributed by atoms with Crippen molar-refractivity contribution < 1.29 is 12.8 Å². The number of rotatable bonds is 6. The zero-order chi connectivity index (χ0) is 19.5. The third-order valence-corrected chi connectivity index (χ3v) is 7.52. The van der Waals surface area contributed by atoms with Crippen LogP contribution in [0, 0.1) is 5.92 Å². The van der Waals surface area contributed by atoms with Gasteiger partial charge in [0.1, 0.15) is 5.76 Å². The van der Waals surface area contributed by atoms with E-state index in [1.54, 1.807) is 27.0 Å². The predicted molar refractivity (Wildman–Crippen MR) is 110 cm³/mol. The van der Waals surface area contributed by atoms with Gasteiger partial charge in [-0.25, -0.2) is 13.1 Å². The van der Waals surface area contributed by atoms with Crippen LogP contribution < -0.4 is 10.0 Å². The van der Waals surface area contributed by atoms with E-state index >= 15 is 0 Å². The lowest BCUT2D eigenvalue weighted by Gasteiger charge is -2.31. The molecule has 2 aromatic rings. The number of sulfonamides is 1. The highest BCUT2D eigenvalue weighted by Gasteiger charge is 2.32. The van der Waals surface area contributed by atoms with Crippen LogP contribution in [0.4, 0.5) is 5.69 Å². The average molecular weight is 391 g/mol. The van der Waals surface area contributed by atoms with Crippen molar-refractivity contribution in [3.63, 3.8) is 0 Å². The highest BCUT2D eigenvalue weighted by atomic mass is 32.2. The Hall–Kier alpha value is -1.79. The van der Waals surface area contributed by atoms with Gasteiger partial charge in [-0.05, 0) is 88.8 Å². The van der Waals surface area contributed by atoms with Crippen molar-refractivity contribution in [1.82, 2.24) is 4.72 Å². The lowest BCUT2D eigenvalue weighted by Crippen LogP contribution is -2.46. The molecule has 2 N–H and O–H groups in total. The van der Waals surface area contributed by atoms with Crippen LogP contribution in [-0.2, 0) is 10.0 Å². The molecule has 0 atom stereocenters. The standard InChI is InChI=1S/C21H30N2O3S/c1-21(2,3)27(24,25)23-19-10-6-16(7-11-19)15-22-18-12-8-17(9-13-18)20-5-4-14-26-20/h4-5,8-9,12-14,16,19,22-23H,6-7,10-11,15H2,1-3H3/t16-,19-. The summed E-state index contributed by atoms with van der Waals surface area (Å²) in [6.45, 7) is 6.13. The maximum absolute atomic E-state index is 12.3. The second-order valence-corrected chi connectivity index (χ2v) is 10.9. The quantitative estimate of drug-likeness (QED) is 0.754.